The first-order valence-corrected chi connectivity index (χ1v) is 10.7. The number of pyridine rings is 1. The Kier molecular flexibility index (Phi) is 3.94. The van der Waals surface area contributed by atoms with Gasteiger partial charge in [-0.25, -0.2) is 0 Å². The lowest BCUT2D eigenvalue weighted by Crippen LogP contribution is -2.32. The number of nitrogens with zero attached hydrogens (tertiary/aromatic N) is 2. The molecule has 0 unspecified atom stereocenters. The van der Waals surface area contributed by atoms with Crippen LogP contribution in [0, 0.1) is 6.92 Å². The lowest BCUT2D eigenvalue weighted by Gasteiger charge is -2.14. The van der Waals surface area contributed by atoms with Crippen molar-refractivity contribution in [3.05, 3.63) is 109 Å². The molecular formula is C29H23N2+. The van der Waals surface area contributed by atoms with Crippen LogP contribution >= 0.6 is 0 Å². The van der Waals surface area contributed by atoms with E-state index in [2.05, 4.69) is 126 Å². The maximum atomic E-state index is 2.43. The number of para-hydroxylation sites is 3. The summed E-state index contributed by atoms with van der Waals surface area (Å²) in [5.41, 5.74) is 8.66. The van der Waals surface area contributed by atoms with Gasteiger partial charge < -0.3 is 4.57 Å². The first-order chi connectivity index (χ1) is 15.2. The Morgan fingerprint density at radius 3 is 1.84 bits per heavy atom. The minimum atomic E-state index is 1.21. The molecule has 2 heterocycles. The van der Waals surface area contributed by atoms with Crippen molar-refractivity contribution in [1.29, 1.82) is 0 Å². The fourth-order valence-electron chi connectivity index (χ4n) is 4.90. The Morgan fingerprint density at radius 1 is 0.613 bits per heavy atom. The number of hydrogen-bond donors (Lipinski definition) is 0. The molecule has 4 aromatic carbocycles. The van der Waals surface area contributed by atoms with Crippen LogP contribution in [-0.2, 0) is 7.05 Å². The lowest BCUT2D eigenvalue weighted by molar-refractivity contribution is -0.633. The van der Waals surface area contributed by atoms with Gasteiger partial charge in [-0.2, -0.15) is 4.57 Å². The Bertz CT molecular complexity index is 1550. The minimum absolute atomic E-state index is 1.21. The second-order valence-electron chi connectivity index (χ2n) is 8.18. The molecule has 2 heteroatoms. The topological polar surface area (TPSA) is 8.81 Å². The Balaban J connectivity index is 1.81. The molecule has 0 atom stereocenters. The van der Waals surface area contributed by atoms with Gasteiger partial charge in [0.05, 0.1) is 22.1 Å². The van der Waals surface area contributed by atoms with Crippen LogP contribution in [0.2, 0.25) is 0 Å². The zero-order chi connectivity index (χ0) is 20.9. The second kappa shape index (κ2) is 6.82. The summed E-state index contributed by atoms with van der Waals surface area (Å²) in [7, 11) is 2.17. The summed E-state index contributed by atoms with van der Waals surface area (Å²) in [6.07, 6.45) is 0. The number of benzene rings is 4. The van der Waals surface area contributed by atoms with Crippen molar-refractivity contribution in [2.45, 2.75) is 6.92 Å². The monoisotopic (exact) mass is 399 g/mol. The number of hydrogen-bond acceptors (Lipinski definition) is 0. The summed E-state index contributed by atoms with van der Waals surface area (Å²) in [6.45, 7) is 2.19. The summed E-state index contributed by atoms with van der Waals surface area (Å²) in [6, 6.07) is 37.1. The molecule has 0 spiro atoms. The molecular weight excluding hydrogens is 376 g/mol. The van der Waals surface area contributed by atoms with Gasteiger partial charge in [0.2, 0.25) is 11.2 Å². The van der Waals surface area contributed by atoms with Gasteiger partial charge in [-0.3, -0.25) is 0 Å². The summed E-state index contributed by atoms with van der Waals surface area (Å²) in [4.78, 5) is 0. The third-order valence-electron chi connectivity index (χ3n) is 6.42. The van der Waals surface area contributed by atoms with Crippen LogP contribution in [0.5, 0.6) is 0 Å². The minimum Gasteiger partial charge on any atom is -0.308 e. The first-order valence-electron chi connectivity index (χ1n) is 10.7. The molecule has 0 saturated heterocycles. The van der Waals surface area contributed by atoms with E-state index in [1.54, 1.807) is 0 Å². The van der Waals surface area contributed by atoms with Crippen LogP contribution in [0.4, 0.5) is 0 Å². The van der Waals surface area contributed by atoms with E-state index in [9.17, 15) is 0 Å². The standard InChI is InChI=1S/C29H23N2/c1-20-11-3-4-12-21(20)28-19-29(24-15-7-8-16-25(24)30(28)2)31-26-17-9-5-13-22(26)23-14-6-10-18-27(23)31/h3-19H,1-2H3/q+1. The predicted octanol–water partition coefficient (Wildman–Crippen LogP) is 6.74. The largest absolute Gasteiger partial charge is 0.308 e. The highest BCUT2D eigenvalue weighted by Crippen LogP contribution is 2.35. The fourth-order valence-corrected chi connectivity index (χ4v) is 4.90. The fraction of sp³-hybridized carbons (Fsp3) is 0.0690. The molecule has 0 aliphatic heterocycles. The highest BCUT2D eigenvalue weighted by Gasteiger charge is 2.22. The zero-order valence-electron chi connectivity index (χ0n) is 17.7. The molecule has 0 N–H and O–H groups in total. The van der Waals surface area contributed by atoms with E-state index in [4.69, 9.17) is 0 Å². The second-order valence-corrected chi connectivity index (χ2v) is 8.18. The maximum Gasteiger partial charge on any atom is 0.215 e. The Morgan fingerprint density at radius 2 is 1.16 bits per heavy atom. The Hall–Kier alpha value is -3.91. The van der Waals surface area contributed by atoms with Crippen molar-refractivity contribution in [2.24, 2.45) is 7.05 Å². The van der Waals surface area contributed by atoms with Crippen molar-refractivity contribution in [3.8, 4) is 16.9 Å². The smallest absolute Gasteiger partial charge is 0.215 e. The van der Waals surface area contributed by atoms with Gasteiger partial charge in [-0.15, -0.1) is 0 Å². The molecule has 0 aliphatic carbocycles. The molecule has 6 rings (SSSR count). The maximum absolute atomic E-state index is 2.43. The van der Waals surface area contributed by atoms with Gasteiger partial charge in [0, 0.05) is 28.5 Å². The average molecular weight is 400 g/mol. The van der Waals surface area contributed by atoms with E-state index in [0.29, 0.717) is 0 Å². The summed E-state index contributed by atoms with van der Waals surface area (Å²) >= 11 is 0. The van der Waals surface area contributed by atoms with E-state index in [-0.39, 0.29) is 0 Å². The molecule has 0 fully saturated rings. The lowest BCUT2D eigenvalue weighted by atomic mass is 10.0. The van der Waals surface area contributed by atoms with Crippen molar-refractivity contribution in [2.75, 3.05) is 0 Å². The van der Waals surface area contributed by atoms with E-state index >= 15 is 0 Å². The van der Waals surface area contributed by atoms with Crippen LogP contribution in [0.15, 0.2) is 103 Å². The first kappa shape index (κ1) is 17.9. The van der Waals surface area contributed by atoms with Crippen LogP contribution in [0.3, 0.4) is 0 Å². The number of aryl methyl sites for hydroxylation is 2. The van der Waals surface area contributed by atoms with Crippen LogP contribution in [-0.4, -0.2) is 4.57 Å². The molecule has 0 aliphatic rings. The van der Waals surface area contributed by atoms with Crippen molar-refractivity contribution in [1.82, 2.24) is 4.57 Å². The van der Waals surface area contributed by atoms with Gasteiger partial charge >= 0.3 is 0 Å². The molecule has 2 nitrogen and oxygen atoms in total. The molecule has 31 heavy (non-hydrogen) atoms. The molecule has 0 bridgehead atoms. The van der Waals surface area contributed by atoms with Crippen LogP contribution in [0.1, 0.15) is 5.56 Å². The van der Waals surface area contributed by atoms with Crippen LogP contribution < -0.4 is 4.57 Å². The average Bonchev–Trinajstić information content (AvgIpc) is 3.15. The van der Waals surface area contributed by atoms with E-state index in [1.807, 2.05) is 0 Å². The highest BCUT2D eigenvalue weighted by molar-refractivity contribution is 6.10. The van der Waals surface area contributed by atoms with Crippen molar-refractivity contribution < 1.29 is 4.57 Å². The molecule has 6 aromatic rings. The van der Waals surface area contributed by atoms with Crippen molar-refractivity contribution in [3.63, 3.8) is 0 Å². The van der Waals surface area contributed by atoms with Crippen LogP contribution in [0.25, 0.3) is 49.7 Å². The third-order valence-corrected chi connectivity index (χ3v) is 6.42. The summed E-state index contributed by atoms with van der Waals surface area (Å²) < 4.78 is 4.74. The summed E-state index contributed by atoms with van der Waals surface area (Å²) in [5, 5.41) is 3.81. The third kappa shape index (κ3) is 2.62. The molecule has 2 aromatic heterocycles. The SMILES string of the molecule is Cc1ccccc1-c1cc(-n2c3ccccc3c3ccccc32)c2ccccc2[n+]1C. The van der Waals surface area contributed by atoms with Crippen molar-refractivity contribution >= 4 is 32.7 Å². The van der Waals surface area contributed by atoms with Gasteiger partial charge in [0.25, 0.3) is 0 Å². The van der Waals surface area contributed by atoms with Gasteiger partial charge in [0.1, 0.15) is 7.05 Å². The molecule has 148 valence electrons. The van der Waals surface area contributed by atoms with E-state index in [1.165, 1.54) is 55.2 Å². The number of aromatic nitrogens is 2. The summed E-state index contributed by atoms with van der Waals surface area (Å²) in [5.74, 6) is 0. The quantitative estimate of drug-likeness (QED) is 0.285. The van der Waals surface area contributed by atoms with Gasteiger partial charge in [0.15, 0.2) is 0 Å². The normalized spacial score (nSPS) is 11.5. The number of fused-ring (bicyclic) bond motifs is 4. The number of rotatable bonds is 2. The highest BCUT2D eigenvalue weighted by atomic mass is 15.0. The van der Waals surface area contributed by atoms with E-state index < -0.39 is 0 Å². The zero-order valence-corrected chi connectivity index (χ0v) is 17.7. The van der Waals surface area contributed by atoms with Gasteiger partial charge in [-0.1, -0.05) is 66.7 Å². The molecule has 0 radical (unpaired) electrons. The predicted molar refractivity (Wildman–Crippen MR) is 130 cm³/mol. The molecule has 0 amide bonds. The van der Waals surface area contributed by atoms with E-state index in [0.717, 1.165) is 0 Å². The van der Waals surface area contributed by atoms with Gasteiger partial charge in [-0.05, 0) is 36.8 Å². The molecule has 0 saturated carbocycles. The Labute approximate surface area is 181 Å².